The van der Waals surface area contributed by atoms with E-state index in [0.717, 1.165) is 38.7 Å². The van der Waals surface area contributed by atoms with Gasteiger partial charge in [0, 0.05) is 19.3 Å². The lowest BCUT2D eigenvalue weighted by Gasteiger charge is -2.18. The first kappa shape index (κ1) is 15.2. The molecular weight excluding hydrogens is 274 g/mol. The van der Waals surface area contributed by atoms with Crippen LogP contribution in [0.1, 0.15) is 30.1 Å². The van der Waals surface area contributed by atoms with Gasteiger partial charge in [0.05, 0.1) is 12.1 Å². The van der Waals surface area contributed by atoms with Crippen molar-refractivity contribution in [1.29, 1.82) is 0 Å². The van der Waals surface area contributed by atoms with Gasteiger partial charge in [-0.3, -0.25) is 4.79 Å². The van der Waals surface area contributed by atoms with E-state index in [4.69, 9.17) is 5.11 Å². The van der Waals surface area contributed by atoms with Crippen LogP contribution in [0, 0.1) is 0 Å². The third-order valence-corrected chi connectivity index (χ3v) is 3.49. The Morgan fingerprint density at radius 1 is 1.38 bits per heavy atom. The van der Waals surface area contributed by atoms with Crippen LogP contribution in [0.25, 0.3) is 0 Å². The normalized spacial score (nSPS) is 17.3. The number of amides is 1. The molecule has 1 saturated heterocycles. The molecule has 1 aliphatic heterocycles. The summed E-state index contributed by atoms with van der Waals surface area (Å²) in [4.78, 5) is 29.0. The molecule has 0 saturated carbocycles. The number of aliphatic hydroxyl groups is 1. The number of aliphatic carboxylic acids is 1. The SMILES string of the molecule is CC(O)(CNC(=O)c1ccc(N2CCCC2)nc1)C(=O)O. The molecule has 21 heavy (non-hydrogen) atoms. The van der Waals surface area contributed by atoms with E-state index in [-0.39, 0.29) is 6.54 Å². The Kier molecular flexibility index (Phi) is 4.42. The second-order valence-corrected chi connectivity index (χ2v) is 5.36. The van der Waals surface area contributed by atoms with Crippen molar-refractivity contribution in [2.24, 2.45) is 0 Å². The largest absolute Gasteiger partial charge is 0.479 e. The van der Waals surface area contributed by atoms with Gasteiger partial charge < -0.3 is 20.4 Å². The van der Waals surface area contributed by atoms with Crippen molar-refractivity contribution in [3.8, 4) is 0 Å². The first-order valence-electron chi connectivity index (χ1n) is 6.85. The lowest BCUT2D eigenvalue weighted by atomic mass is 10.1. The molecule has 1 unspecified atom stereocenters. The van der Waals surface area contributed by atoms with E-state index in [2.05, 4.69) is 15.2 Å². The molecule has 0 spiro atoms. The van der Waals surface area contributed by atoms with E-state index in [1.165, 1.54) is 6.20 Å². The molecule has 1 fully saturated rings. The summed E-state index contributed by atoms with van der Waals surface area (Å²) in [5, 5.41) is 20.7. The lowest BCUT2D eigenvalue weighted by Crippen LogP contribution is -2.46. The predicted octanol–water partition coefficient (Wildman–Crippen LogP) is 0.247. The van der Waals surface area contributed by atoms with Gasteiger partial charge in [0.25, 0.3) is 5.91 Å². The lowest BCUT2D eigenvalue weighted by molar-refractivity contribution is -0.155. The maximum absolute atomic E-state index is 11.9. The van der Waals surface area contributed by atoms with Crippen LogP contribution in [0.2, 0.25) is 0 Å². The second-order valence-electron chi connectivity index (χ2n) is 5.36. The Morgan fingerprint density at radius 3 is 2.57 bits per heavy atom. The Morgan fingerprint density at radius 2 is 2.05 bits per heavy atom. The van der Waals surface area contributed by atoms with Gasteiger partial charge in [-0.05, 0) is 31.9 Å². The number of pyridine rings is 1. The van der Waals surface area contributed by atoms with Crippen LogP contribution in [0.5, 0.6) is 0 Å². The minimum absolute atomic E-state index is 0.333. The van der Waals surface area contributed by atoms with Crippen LogP contribution in [0.3, 0.4) is 0 Å². The highest BCUT2D eigenvalue weighted by Gasteiger charge is 2.30. The molecule has 1 atom stereocenters. The highest BCUT2D eigenvalue weighted by molar-refractivity contribution is 5.94. The average molecular weight is 293 g/mol. The molecule has 1 amide bonds. The average Bonchev–Trinajstić information content (AvgIpc) is 2.99. The number of carboxylic acid groups (broad SMARTS) is 1. The maximum atomic E-state index is 11.9. The van der Waals surface area contributed by atoms with Gasteiger partial charge in [-0.1, -0.05) is 0 Å². The van der Waals surface area contributed by atoms with Crippen molar-refractivity contribution in [1.82, 2.24) is 10.3 Å². The summed E-state index contributed by atoms with van der Waals surface area (Å²) in [6.45, 7) is 2.71. The molecule has 3 N–H and O–H groups in total. The number of hydrogen-bond donors (Lipinski definition) is 3. The minimum Gasteiger partial charge on any atom is -0.479 e. The quantitative estimate of drug-likeness (QED) is 0.719. The summed E-state index contributed by atoms with van der Waals surface area (Å²) in [5.74, 6) is -1.01. The molecule has 0 bridgehead atoms. The Balaban J connectivity index is 1.95. The first-order valence-corrected chi connectivity index (χ1v) is 6.85. The number of nitrogens with zero attached hydrogens (tertiary/aromatic N) is 2. The summed E-state index contributed by atoms with van der Waals surface area (Å²) in [5.41, 5.74) is -1.65. The zero-order chi connectivity index (χ0) is 15.5. The van der Waals surface area contributed by atoms with Crippen molar-refractivity contribution in [3.63, 3.8) is 0 Å². The van der Waals surface area contributed by atoms with Gasteiger partial charge in [-0.15, -0.1) is 0 Å². The van der Waals surface area contributed by atoms with Crippen molar-refractivity contribution >= 4 is 17.7 Å². The van der Waals surface area contributed by atoms with E-state index in [1.807, 2.05) is 0 Å². The summed E-state index contributed by atoms with van der Waals surface area (Å²) in [7, 11) is 0. The zero-order valence-corrected chi connectivity index (χ0v) is 11.9. The number of carbonyl (C=O) groups excluding carboxylic acids is 1. The van der Waals surface area contributed by atoms with E-state index in [1.54, 1.807) is 12.1 Å². The van der Waals surface area contributed by atoms with Gasteiger partial charge in [0.15, 0.2) is 5.60 Å². The number of rotatable bonds is 5. The second kappa shape index (κ2) is 6.09. The van der Waals surface area contributed by atoms with E-state index in [9.17, 15) is 14.7 Å². The molecule has 2 rings (SSSR count). The Hall–Kier alpha value is -2.15. The van der Waals surface area contributed by atoms with Crippen molar-refractivity contribution in [2.45, 2.75) is 25.4 Å². The number of carbonyl (C=O) groups is 2. The molecular formula is C14H19N3O4. The fourth-order valence-corrected chi connectivity index (χ4v) is 2.08. The molecule has 114 valence electrons. The van der Waals surface area contributed by atoms with Gasteiger partial charge in [0.2, 0.25) is 0 Å². The monoisotopic (exact) mass is 293 g/mol. The van der Waals surface area contributed by atoms with Crippen molar-refractivity contribution < 1.29 is 19.8 Å². The highest BCUT2D eigenvalue weighted by atomic mass is 16.4. The number of hydrogen-bond acceptors (Lipinski definition) is 5. The van der Waals surface area contributed by atoms with Crippen LogP contribution >= 0.6 is 0 Å². The number of nitrogens with one attached hydrogen (secondary N) is 1. The molecule has 0 aliphatic carbocycles. The van der Waals surface area contributed by atoms with Crippen molar-refractivity contribution in [2.75, 3.05) is 24.5 Å². The number of aromatic nitrogens is 1. The highest BCUT2D eigenvalue weighted by Crippen LogP contribution is 2.17. The molecule has 7 nitrogen and oxygen atoms in total. The molecule has 0 radical (unpaired) electrons. The fraction of sp³-hybridized carbons (Fsp3) is 0.500. The van der Waals surface area contributed by atoms with Crippen LogP contribution in [0.4, 0.5) is 5.82 Å². The summed E-state index contributed by atoms with van der Waals surface area (Å²) >= 11 is 0. The molecule has 1 aliphatic rings. The van der Waals surface area contributed by atoms with Gasteiger partial charge in [0.1, 0.15) is 5.82 Å². The smallest absolute Gasteiger partial charge is 0.337 e. The Bertz CT molecular complexity index is 522. The molecule has 2 heterocycles. The van der Waals surface area contributed by atoms with Gasteiger partial charge in [-0.2, -0.15) is 0 Å². The van der Waals surface area contributed by atoms with Crippen LogP contribution in [0.15, 0.2) is 18.3 Å². The topological polar surface area (TPSA) is 103 Å². The summed E-state index contributed by atoms with van der Waals surface area (Å²) in [6, 6.07) is 3.42. The molecule has 1 aromatic heterocycles. The fourth-order valence-electron chi connectivity index (χ4n) is 2.08. The third kappa shape index (κ3) is 3.69. The predicted molar refractivity (Wildman–Crippen MR) is 76.3 cm³/mol. The van der Waals surface area contributed by atoms with Crippen LogP contribution in [-0.2, 0) is 4.79 Å². The molecule has 1 aromatic rings. The van der Waals surface area contributed by atoms with Gasteiger partial charge >= 0.3 is 5.97 Å². The molecule has 7 heteroatoms. The number of carboxylic acids is 1. The summed E-state index contributed by atoms with van der Waals surface area (Å²) < 4.78 is 0. The van der Waals surface area contributed by atoms with Crippen molar-refractivity contribution in [3.05, 3.63) is 23.9 Å². The zero-order valence-electron chi connectivity index (χ0n) is 11.9. The van der Waals surface area contributed by atoms with Crippen LogP contribution in [-0.4, -0.2) is 52.3 Å². The van der Waals surface area contributed by atoms with Crippen LogP contribution < -0.4 is 10.2 Å². The Labute approximate surface area is 122 Å². The molecule has 0 aromatic carbocycles. The van der Waals surface area contributed by atoms with E-state index in [0.29, 0.717) is 5.56 Å². The first-order chi connectivity index (χ1) is 9.90. The summed E-state index contributed by atoms with van der Waals surface area (Å²) in [6.07, 6.45) is 3.75. The number of anilines is 1. The third-order valence-electron chi connectivity index (χ3n) is 3.49. The minimum atomic E-state index is -1.99. The maximum Gasteiger partial charge on any atom is 0.337 e. The van der Waals surface area contributed by atoms with E-state index < -0.39 is 17.5 Å². The standard InChI is InChI=1S/C14H19N3O4/c1-14(21,13(19)20)9-16-12(18)10-4-5-11(15-8-10)17-6-2-3-7-17/h4-5,8,21H,2-3,6-7,9H2,1H3,(H,16,18)(H,19,20). The van der Waals surface area contributed by atoms with E-state index >= 15 is 0 Å². The van der Waals surface area contributed by atoms with Gasteiger partial charge in [-0.25, -0.2) is 9.78 Å².